The lowest BCUT2D eigenvalue weighted by Gasteiger charge is -2.25. The number of nitrogens with one attached hydrogen (secondary N) is 1. The van der Waals surface area contributed by atoms with Crippen LogP contribution in [-0.2, 0) is 32.1 Å². The van der Waals surface area contributed by atoms with Crippen LogP contribution in [0, 0.1) is 0 Å². The Balaban J connectivity index is 1.65. The Kier molecular flexibility index (Phi) is 9.95. The summed E-state index contributed by atoms with van der Waals surface area (Å²) < 4.78 is 11.3. The average molecular weight is 583 g/mol. The normalized spacial score (nSPS) is 11.0. The number of carbonyl (C=O) groups excluding carboxylic acids is 3. The van der Waals surface area contributed by atoms with Gasteiger partial charge in [-0.05, 0) is 60.0 Å². The molecule has 0 aliphatic rings. The minimum atomic E-state index is -0.690. The summed E-state index contributed by atoms with van der Waals surface area (Å²) in [6.07, 6.45) is 3.45. The fourth-order valence-electron chi connectivity index (χ4n) is 3.48. The Labute approximate surface area is 230 Å². The zero-order valence-electron chi connectivity index (χ0n) is 21.9. The second-order valence-electron chi connectivity index (χ2n) is 9.56. The van der Waals surface area contributed by atoms with Gasteiger partial charge >= 0.3 is 5.97 Å². The lowest BCUT2D eigenvalue weighted by Crippen LogP contribution is -2.43. The Morgan fingerprint density at radius 3 is 2.13 bits per heavy atom. The number of carbonyl (C=O) groups is 3. The first-order valence-corrected chi connectivity index (χ1v) is 12.8. The highest BCUT2D eigenvalue weighted by Gasteiger charge is 2.23. The van der Waals surface area contributed by atoms with Crippen molar-refractivity contribution in [3.8, 4) is 17.1 Å². The Morgan fingerprint density at radius 1 is 0.947 bits per heavy atom. The second kappa shape index (κ2) is 13.1. The van der Waals surface area contributed by atoms with Crippen molar-refractivity contribution in [2.75, 3.05) is 20.2 Å². The van der Waals surface area contributed by atoms with Crippen molar-refractivity contribution in [1.29, 1.82) is 0 Å². The number of aromatic nitrogens is 2. The zero-order chi connectivity index (χ0) is 27.7. The minimum Gasteiger partial charge on any atom is -0.497 e. The average Bonchev–Trinajstić information content (AvgIpc) is 2.87. The molecule has 0 spiro atoms. The van der Waals surface area contributed by atoms with Crippen molar-refractivity contribution < 1.29 is 23.9 Å². The molecule has 1 N–H and O–H groups in total. The molecule has 0 saturated heterocycles. The minimum absolute atomic E-state index is 0.114. The van der Waals surface area contributed by atoms with Gasteiger partial charge in [0.25, 0.3) is 0 Å². The van der Waals surface area contributed by atoms with Gasteiger partial charge in [0, 0.05) is 24.5 Å². The summed E-state index contributed by atoms with van der Waals surface area (Å²) in [4.78, 5) is 48.0. The van der Waals surface area contributed by atoms with Crippen LogP contribution in [0.25, 0.3) is 11.4 Å². The largest absolute Gasteiger partial charge is 0.497 e. The van der Waals surface area contributed by atoms with Crippen LogP contribution in [0.2, 0.25) is 0 Å². The van der Waals surface area contributed by atoms with Crippen LogP contribution >= 0.6 is 15.9 Å². The van der Waals surface area contributed by atoms with E-state index >= 15 is 0 Å². The van der Waals surface area contributed by atoms with E-state index < -0.39 is 17.5 Å². The van der Waals surface area contributed by atoms with E-state index in [4.69, 9.17) is 9.47 Å². The molecule has 1 heterocycles. The van der Waals surface area contributed by atoms with Gasteiger partial charge in [0.2, 0.25) is 11.8 Å². The molecular weight excluding hydrogens is 552 g/mol. The monoisotopic (exact) mass is 582 g/mol. The first kappa shape index (κ1) is 28.8. The summed E-state index contributed by atoms with van der Waals surface area (Å²) in [5.74, 6) is 0.0228. The fourth-order valence-corrected chi connectivity index (χ4v) is 3.68. The molecule has 0 unspecified atom stereocenters. The molecular formula is C28H31BrN4O5. The van der Waals surface area contributed by atoms with Crippen molar-refractivity contribution in [1.82, 2.24) is 20.2 Å². The van der Waals surface area contributed by atoms with Crippen molar-refractivity contribution in [2.24, 2.45) is 0 Å². The van der Waals surface area contributed by atoms with Gasteiger partial charge in [0.1, 0.15) is 17.9 Å². The highest BCUT2D eigenvalue weighted by Crippen LogP contribution is 2.18. The van der Waals surface area contributed by atoms with E-state index in [1.165, 1.54) is 4.90 Å². The van der Waals surface area contributed by atoms with Gasteiger partial charge in [-0.1, -0.05) is 36.4 Å². The molecule has 1 aromatic heterocycles. The number of methoxy groups -OCH3 is 1. The summed E-state index contributed by atoms with van der Waals surface area (Å²) in [6.45, 7) is 4.96. The third-order valence-electron chi connectivity index (χ3n) is 5.26. The Hall–Kier alpha value is -3.79. The van der Waals surface area contributed by atoms with Crippen LogP contribution in [0.15, 0.2) is 65.4 Å². The number of amides is 2. The SMILES string of the molecule is COc1ccc(CC(=O)NCC(=O)N(CC(=O)OC(C)(C)C)Cc2ccc(-c3ncc(Br)cn3)cc2)cc1. The maximum Gasteiger partial charge on any atom is 0.326 e. The summed E-state index contributed by atoms with van der Waals surface area (Å²) in [5, 5.41) is 2.65. The van der Waals surface area contributed by atoms with Crippen LogP contribution in [-0.4, -0.2) is 58.5 Å². The van der Waals surface area contributed by atoms with Gasteiger partial charge in [0.15, 0.2) is 5.82 Å². The van der Waals surface area contributed by atoms with Gasteiger partial charge in [-0.3, -0.25) is 14.4 Å². The standard InChI is InChI=1S/C28H31BrN4O5/c1-28(2,3)38-26(36)18-33(17-20-5-9-21(10-6-20)27-31-14-22(29)15-32-27)25(35)16-30-24(34)13-19-7-11-23(37-4)12-8-19/h5-12,14-15H,13,16-18H2,1-4H3,(H,30,34). The van der Waals surface area contributed by atoms with Crippen molar-refractivity contribution in [3.05, 3.63) is 76.5 Å². The molecule has 0 bridgehead atoms. The number of ether oxygens (including phenoxy) is 2. The second-order valence-corrected chi connectivity index (χ2v) is 10.5. The van der Waals surface area contributed by atoms with Gasteiger partial charge in [0.05, 0.1) is 24.5 Å². The molecule has 3 rings (SSSR count). The van der Waals surface area contributed by atoms with E-state index in [9.17, 15) is 14.4 Å². The topological polar surface area (TPSA) is 111 Å². The van der Waals surface area contributed by atoms with E-state index in [0.29, 0.717) is 11.6 Å². The van der Waals surface area contributed by atoms with Gasteiger partial charge in [-0.15, -0.1) is 0 Å². The van der Waals surface area contributed by atoms with Crippen molar-refractivity contribution in [2.45, 2.75) is 39.3 Å². The smallest absolute Gasteiger partial charge is 0.326 e. The van der Waals surface area contributed by atoms with Gasteiger partial charge in [-0.25, -0.2) is 9.97 Å². The maximum absolute atomic E-state index is 13.1. The number of benzene rings is 2. The number of hydrogen-bond donors (Lipinski definition) is 1. The predicted octanol–water partition coefficient (Wildman–Crippen LogP) is 3.94. The lowest BCUT2D eigenvalue weighted by molar-refractivity contribution is -0.159. The van der Waals surface area contributed by atoms with E-state index in [2.05, 4.69) is 31.2 Å². The molecule has 0 atom stereocenters. The number of esters is 1. The lowest BCUT2D eigenvalue weighted by atomic mass is 10.1. The van der Waals surface area contributed by atoms with E-state index in [1.807, 2.05) is 24.3 Å². The fraction of sp³-hybridized carbons (Fsp3) is 0.321. The number of halogens is 1. The molecule has 2 aromatic carbocycles. The number of rotatable bonds is 10. The molecule has 2 amide bonds. The summed E-state index contributed by atoms with van der Waals surface area (Å²) >= 11 is 3.32. The van der Waals surface area contributed by atoms with E-state index in [-0.39, 0.29) is 32.0 Å². The third kappa shape index (κ3) is 9.26. The molecule has 38 heavy (non-hydrogen) atoms. The summed E-state index contributed by atoms with van der Waals surface area (Å²) in [7, 11) is 1.57. The maximum atomic E-state index is 13.1. The first-order valence-electron chi connectivity index (χ1n) is 12.0. The summed E-state index contributed by atoms with van der Waals surface area (Å²) in [6, 6.07) is 14.5. The van der Waals surface area contributed by atoms with Crippen molar-refractivity contribution >= 4 is 33.7 Å². The van der Waals surface area contributed by atoms with Crippen LogP contribution < -0.4 is 10.1 Å². The molecule has 0 fully saturated rings. The zero-order valence-corrected chi connectivity index (χ0v) is 23.4. The molecule has 10 heteroatoms. The predicted molar refractivity (Wildman–Crippen MR) is 146 cm³/mol. The van der Waals surface area contributed by atoms with Gasteiger partial charge in [-0.2, -0.15) is 0 Å². The van der Waals surface area contributed by atoms with E-state index in [0.717, 1.165) is 21.2 Å². The van der Waals surface area contributed by atoms with Crippen LogP contribution in [0.3, 0.4) is 0 Å². The number of hydrogen-bond acceptors (Lipinski definition) is 7. The third-order valence-corrected chi connectivity index (χ3v) is 5.67. The van der Waals surface area contributed by atoms with Crippen LogP contribution in [0.4, 0.5) is 0 Å². The molecule has 0 radical (unpaired) electrons. The highest BCUT2D eigenvalue weighted by atomic mass is 79.9. The Bertz CT molecular complexity index is 1240. The quantitative estimate of drug-likeness (QED) is 0.360. The molecule has 0 aliphatic carbocycles. The highest BCUT2D eigenvalue weighted by molar-refractivity contribution is 9.10. The molecule has 0 aliphatic heterocycles. The van der Waals surface area contributed by atoms with Crippen LogP contribution in [0.1, 0.15) is 31.9 Å². The molecule has 200 valence electrons. The van der Waals surface area contributed by atoms with Crippen LogP contribution in [0.5, 0.6) is 5.75 Å². The van der Waals surface area contributed by atoms with Gasteiger partial charge < -0.3 is 19.7 Å². The molecule has 3 aromatic rings. The molecule has 9 nitrogen and oxygen atoms in total. The molecule has 0 saturated carbocycles. The number of nitrogens with zero attached hydrogens (tertiary/aromatic N) is 3. The first-order chi connectivity index (χ1) is 18.0. The summed E-state index contributed by atoms with van der Waals surface area (Å²) in [5.41, 5.74) is 1.71. The Morgan fingerprint density at radius 2 is 1.55 bits per heavy atom. The van der Waals surface area contributed by atoms with Crippen molar-refractivity contribution in [3.63, 3.8) is 0 Å². The van der Waals surface area contributed by atoms with E-state index in [1.54, 1.807) is 64.5 Å².